The van der Waals surface area contributed by atoms with Crippen molar-refractivity contribution in [2.24, 2.45) is 0 Å². The van der Waals surface area contributed by atoms with E-state index in [2.05, 4.69) is 14.9 Å². The average Bonchev–Trinajstić information content (AvgIpc) is 3.17. The molecular formula is C22H26N4O3S2. The fraction of sp³-hybridized carbons (Fsp3) is 0.409. The van der Waals surface area contributed by atoms with Gasteiger partial charge in [0.2, 0.25) is 14.2 Å². The molecule has 3 heterocycles. The summed E-state index contributed by atoms with van der Waals surface area (Å²) in [6, 6.07) is 6.78. The predicted octanol–water partition coefficient (Wildman–Crippen LogP) is 3.22. The van der Waals surface area contributed by atoms with E-state index in [1.54, 1.807) is 30.5 Å². The molecule has 164 valence electrons. The largest absolute Gasteiger partial charge is 0.310 e. The maximum absolute atomic E-state index is 12.9. The number of rotatable bonds is 4. The lowest BCUT2D eigenvalue weighted by Crippen LogP contribution is -2.36. The Balaban J connectivity index is 1.52. The van der Waals surface area contributed by atoms with Crippen molar-refractivity contribution in [2.45, 2.75) is 61.9 Å². The molecule has 4 rings (SSSR count). The zero-order valence-corrected chi connectivity index (χ0v) is 19.7. The highest BCUT2D eigenvalue weighted by Crippen LogP contribution is 2.27. The van der Waals surface area contributed by atoms with E-state index in [9.17, 15) is 13.2 Å². The van der Waals surface area contributed by atoms with Gasteiger partial charge in [-0.2, -0.15) is 0 Å². The van der Waals surface area contributed by atoms with Gasteiger partial charge in [0.25, 0.3) is 5.56 Å². The molecule has 0 bridgehead atoms. The van der Waals surface area contributed by atoms with Crippen LogP contribution in [0.1, 0.15) is 48.3 Å². The van der Waals surface area contributed by atoms with Gasteiger partial charge in [0.15, 0.2) is 0 Å². The van der Waals surface area contributed by atoms with Gasteiger partial charge in [0.05, 0.1) is 16.2 Å². The highest BCUT2D eigenvalue weighted by atomic mass is 32.2. The van der Waals surface area contributed by atoms with Crippen LogP contribution >= 0.6 is 11.3 Å². The maximum atomic E-state index is 12.9. The van der Waals surface area contributed by atoms with Crippen LogP contribution in [-0.4, -0.2) is 34.8 Å². The number of nitrogens with one attached hydrogen (secondary N) is 1. The first-order valence-corrected chi connectivity index (χ1v) is 12.5. The lowest BCUT2D eigenvalue weighted by atomic mass is 9.95. The standard InChI is InChI=1S/C22H26N4O3S2/c1-14-5-7-16(8-6-14)31(28,29)21-23-11-15(30-21)12-26-10-9-18-17(13-26)19(27)25-20(24-18)22(2,3)4/h5-8,11H,9-10,12-13H2,1-4H3,(H,24,25,27). The normalized spacial score (nSPS) is 15.1. The summed E-state index contributed by atoms with van der Waals surface area (Å²) in [5.41, 5.74) is 2.25. The summed E-state index contributed by atoms with van der Waals surface area (Å²) in [5, 5.41) is 0. The van der Waals surface area contributed by atoms with Crippen LogP contribution in [0.25, 0.3) is 0 Å². The number of sulfone groups is 1. The molecule has 31 heavy (non-hydrogen) atoms. The Morgan fingerprint density at radius 1 is 1.19 bits per heavy atom. The molecule has 0 saturated heterocycles. The van der Waals surface area contributed by atoms with Crippen molar-refractivity contribution in [3.63, 3.8) is 0 Å². The highest BCUT2D eigenvalue weighted by Gasteiger charge is 2.26. The summed E-state index contributed by atoms with van der Waals surface area (Å²) < 4.78 is 25.8. The van der Waals surface area contributed by atoms with Crippen molar-refractivity contribution < 1.29 is 8.42 Å². The first-order chi connectivity index (χ1) is 14.5. The summed E-state index contributed by atoms with van der Waals surface area (Å²) in [5.74, 6) is 0.707. The Morgan fingerprint density at radius 2 is 1.90 bits per heavy atom. The lowest BCUT2D eigenvalue weighted by molar-refractivity contribution is 0.243. The Morgan fingerprint density at radius 3 is 2.58 bits per heavy atom. The predicted molar refractivity (Wildman–Crippen MR) is 120 cm³/mol. The smallest absolute Gasteiger partial charge is 0.255 e. The van der Waals surface area contributed by atoms with Gasteiger partial charge in [-0.05, 0) is 19.1 Å². The summed E-state index contributed by atoms with van der Waals surface area (Å²) in [6.45, 7) is 9.78. The molecule has 2 aromatic heterocycles. The molecule has 1 aromatic carbocycles. The molecule has 0 unspecified atom stereocenters. The molecule has 0 atom stereocenters. The van der Waals surface area contributed by atoms with E-state index < -0.39 is 9.84 Å². The number of aromatic nitrogens is 3. The van der Waals surface area contributed by atoms with Crippen molar-refractivity contribution in [3.8, 4) is 0 Å². The van der Waals surface area contributed by atoms with Crippen LogP contribution in [0.4, 0.5) is 0 Å². The van der Waals surface area contributed by atoms with E-state index in [4.69, 9.17) is 4.98 Å². The Bertz CT molecular complexity index is 1270. The molecule has 0 radical (unpaired) electrons. The minimum Gasteiger partial charge on any atom is -0.310 e. The number of thiazole rings is 1. The Kier molecular flexibility index (Phi) is 5.61. The van der Waals surface area contributed by atoms with E-state index >= 15 is 0 Å². The van der Waals surface area contributed by atoms with Crippen LogP contribution in [0.2, 0.25) is 0 Å². The third kappa shape index (κ3) is 4.49. The third-order valence-corrected chi connectivity index (χ3v) is 8.47. The number of aryl methyl sites for hydroxylation is 1. The number of benzene rings is 1. The molecule has 3 aromatic rings. The number of nitrogens with zero attached hydrogens (tertiary/aromatic N) is 3. The van der Waals surface area contributed by atoms with Crippen LogP contribution in [-0.2, 0) is 34.8 Å². The first-order valence-electron chi connectivity index (χ1n) is 10.2. The summed E-state index contributed by atoms with van der Waals surface area (Å²) in [4.78, 5) is 27.7. The molecular weight excluding hydrogens is 432 g/mol. The minimum atomic E-state index is -3.63. The third-order valence-electron chi connectivity index (χ3n) is 5.33. The van der Waals surface area contributed by atoms with Gasteiger partial charge in [-0.15, -0.1) is 11.3 Å². The molecule has 1 aliphatic rings. The molecule has 0 aliphatic carbocycles. The van der Waals surface area contributed by atoms with Crippen molar-refractivity contribution in [2.75, 3.05) is 6.54 Å². The van der Waals surface area contributed by atoms with E-state index in [0.717, 1.165) is 22.7 Å². The summed E-state index contributed by atoms with van der Waals surface area (Å²) >= 11 is 1.18. The quantitative estimate of drug-likeness (QED) is 0.645. The molecule has 9 heteroatoms. The van der Waals surface area contributed by atoms with E-state index in [-0.39, 0.29) is 20.2 Å². The number of fused-ring (bicyclic) bond motifs is 1. The lowest BCUT2D eigenvalue weighted by Gasteiger charge is -2.28. The second-order valence-corrected chi connectivity index (χ2v) is 12.2. The second kappa shape index (κ2) is 7.96. The highest BCUT2D eigenvalue weighted by molar-refractivity contribution is 7.93. The zero-order valence-electron chi connectivity index (χ0n) is 18.1. The number of H-pyrrole nitrogens is 1. The van der Waals surface area contributed by atoms with Gasteiger partial charge in [0, 0.05) is 42.5 Å². The second-order valence-electron chi connectivity index (χ2n) is 8.96. The van der Waals surface area contributed by atoms with Crippen molar-refractivity contribution in [1.82, 2.24) is 19.9 Å². The molecule has 0 spiro atoms. The van der Waals surface area contributed by atoms with Gasteiger partial charge < -0.3 is 4.98 Å². The average molecular weight is 459 g/mol. The number of hydrogen-bond donors (Lipinski definition) is 1. The molecule has 0 amide bonds. The summed E-state index contributed by atoms with van der Waals surface area (Å²) in [7, 11) is -3.63. The monoisotopic (exact) mass is 458 g/mol. The van der Waals surface area contributed by atoms with Gasteiger partial charge in [-0.25, -0.2) is 18.4 Å². The van der Waals surface area contributed by atoms with E-state index in [1.807, 2.05) is 27.7 Å². The Labute approximate surface area is 186 Å². The van der Waals surface area contributed by atoms with Gasteiger partial charge in [0.1, 0.15) is 5.82 Å². The number of hydrogen-bond acceptors (Lipinski definition) is 7. The van der Waals surface area contributed by atoms with Gasteiger partial charge >= 0.3 is 0 Å². The van der Waals surface area contributed by atoms with E-state index in [1.165, 1.54) is 11.3 Å². The topological polar surface area (TPSA) is 96.0 Å². The maximum Gasteiger partial charge on any atom is 0.255 e. The fourth-order valence-electron chi connectivity index (χ4n) is 3.50. The summed E-state index contributed by atoms with van der Waals surface area (Å²) in [6.07, 6.45) is 2.31. The molecule has 1 aliphatic heterocycles. The minimum absolute atomic E-state index is 0.0911. The SMILES string of the molecule is Cc1ccc(S(=O)(=O)c2ncc(CN3CCc4nc(C(C)(C)C)[nH]c(=O)c4C3)s2)cc1. The van der Waals surface area contributed by atoms with Crippen molar-refractivity contribution in [1.29, 1.82) is 0 Å². The van der Waals surface area contributed by atoms with Crippen molar-refractivity contribution >= 4 is 21.2 Å². The van der Waals surface area contributed by atoms with Gasteiger partial charge in [-0.3, -0.25) is 9.69 Å². The Hall–Kier alpha value is -2.36. The van der Waals surface area contributed by atoms with Crippen LogP contribution in [0.5, 0.6) is 0 Å². The number of aromatic amines is 1. The van der Waals surface area contributed by atoms with Crippen molar-refractivity contribution in [3.05, 3.63) is 68.3 Å². The zero-order chi connectivity index (χ0) is 22.4. The van der Waals surface area contributed by atoms with Crippen LogP contribution < -0.4 is 5.56 Å². The molecule has 1 N–H and O–H groups in total. The molecule has 7 nitrogen and oxygen atoms in total. The van der Waals surface area contributed by atoms with Gasteiger partial charge in [-0.1, -0.05) is 38.5 Å². The molecule has 0 fully saturated rings. The molecule has 0 saturated carbocycles. The van der Waals surface area contributed by atoms with Crippen LogP contribution in [0, 0.1) is 6.92 Å². The fourth-order valence-corrected chi connectivity index (χ4v) is 6.11. The first kappa shape index (κ1) is 21.9. The van der Waals surface area contributed by atoms with Crippen LogP contribution in [0.15, 0.2) is 44.5 Å². The van der Waals surface area contributed by atoms with E-state index in [0.29, 0.717) is 30.9 Å². The van der Waals surface area contributed by atoms with Crippen LogP contribution in [0.3, 0.4) is 0 Å².